The van der Waals surface area contributed by atoms with Crippen LogP contribution in [-0.2, 0) is 4.74 Å². The summed E-state index contributed by atoms with van der Waals surface area (Å²) in [5.74, 6) is -2.29. The third-order valence-corrected chi connectivity index (χ3v) is 3.34. The number of nitrogens with zero attached hydrogens (tertiary/aromatic N) is 4. The average Bonchev–Trinajstić information content (AvgIpc) is 2.95. The number of fused-ring (bicyclic) bond motifs is 1. The lowest BCUT2D eigenvalue weighted by Gasteiger charge is -2.20. The number of nitrogens with two attached hydrogens (primary N) is 2. The first-order valence-electron chi connectivity index (χ1n) is 5.99. The number of aromatic nitrogens is 4. The summed E-state index contributed by atoms with van der Waals surface area (Å²) in [6, 6.07) is 0. The molecule has 6 N–H and O–H groups in total. The summed E-state index contributed by atoms with van der Waals surface area (Å²) in [4.78, 5) is 11.6. The fraction of sp³-hybridized carbons (Fsp3) is 0.364. The summed E-state index contributed by atoms with van der Waals surface area (Å²) in [6.45, 7) is 3.31. The van der Waals surface area contributed by atoms with Crippen molar-refractivity contribution in [2.75, 3.05) is 11.5 Å². The molecular weight excluding hydrogens is 283 g/mol. The van der Waals surface area contributed by atoms with Crippen LogP contribution in [0.3, 0.4) is 0 Å². The van der Waals surface area contributed by atoms with Gasteiger partial charge in [-0.05, 0) is 6.08 Å². The Morgan fingerprint density at radius 3 is 2.81 bits per heavy atom. The molecule has 0 unspecified atom stereocenters. The molecule has 112 valence electrons. The third-order valence-electron chi connectivity index (χ3n) is 3.34. The number of nitrogen functional groups attached to an aromatic ring is 2. The van der Waals surface area contributed by atoms with Crippen molar-refractivity contribution in [3.8, 4) is 0 Å². The second-order valence-corrected chi connectivity index (χ2v) is 4.64. The van der Waals surface area contributed by atoms with Crippen LogP contribution in [-0.4, -0.2) is 47.8 Å². The lowest BCUT2D eigenvalue weighted by Crippen LogP contribution is -2.39. The molecule has 0 amide bonds. The topological polar surface area (TPSA) is 145 Å². The van der Waals surface area contributed by atoms with E-state index < -0.39 is 24.3 Å². The van der Waals surface area contributed by atoms with Crippen LogP contribution >= 0.6 is 0 Å². The monoisotopic (exact) mass is 296 g/mol. The zero-order valence-corrected chi connectivity index (χ0v) is 10.7. The molecule has 1 fully saturated rings. The zero-order valence-electron chi connectivity index (χ0n) is 10.7. The van der Waals surface area contributed by atoms with Crippen LogP contribution < -0.4 is 11.5 Å². The maximum atomic E-state index is 14.2. The molecule has 3 heterocycles. The first-order valence-corrected chi connectivity index (χ1v) is 5.99. The first kappa shape index (κ1) is 13.7. The summed E-state index contributed by atoms with van der Waals surface area (Å²) in [7, 11) is 0. The van der Waals surface area contributed by atoms with Gasteiger partial charge in [0.15, 0.2) is 23.9 Å². The molecule has 4 atom stereocenters. The SMILES string of the molecule is C=C[C@]1(O)O[C@@H](n2cnc3c(N)nc(N)nc32)[C@H](F)[C@@H]1O. The van der Waals surface area contributed by atoms with Gasteiger partial charge in [-0.2, -0.15) is 9.97 Å². The fourth-order valence-electron chi connectivity index (χ4n) is 2.23. The first-order chi connectivity index (χ1) is 9.87. The molecule has 2 aromatic heterocycles. The number of hydrogen-bond acceptors (Lipinski definition) is 8. The van der Waals surface area contributed by atoms with E-state index in [4.69, 9.17) is 16.2 Å². The highest BCUT2D eigenvalue weighted by Crippen LogP contribution is 2.39. The number of anilines is 2. The Labute approximate surface area is 117 Å². The van der Waals surface area contributed by atoms with Gasteiger partial charge in [-0.15, -0.1) is 0 Å². The minimum Gasteiger partial charge on any atom is -0.384 e. The number of halogens is 1. The van der Waals surface area contributed by atoms with Crippen LogP contribution in [0.25, 0.3) is 11.2 Å². The average molecular weight is 296 g/mol. The fourth-order valence-corrected chi connectivity index (χ4v) is 2.23. The van der Waals surface area contributed by atoms with Gasteiger partial charge < -0.3 is 26.4 Å². The summed E-state index contributed by atoms with van der Waals surface area (Å²) >= 11 is 0. The summed E-state index contributed by atoms with van der Waals surface area (Å²) in [5.41, 5.74) is 11.5. The summed E-state index contributed by atoms with van der Waals surface area (Å²) in [5, 5.41) is 19.7. The number of hydrogen-bond donors (Lipinski definition) is 4. The molecule has 3 rings (SSSR count). The van der Waals surface area contributed by atoms with Gasteiger partial charge in [0, 0.05) is 0 Å². The highest BCUT2D eigenvalue weighted by molar-refractivity contribution is 5.82. The van der Waals surface area contributed by atoms with Crippen LogP contribution in [0.4, 0.5) is 16.2 Å². The van der Waals surface area contributed by atoms with Crippen molar-refractivity contribution in [3.05, 3.63) is 19.0 Å². The van der Waals surface area contributed by atoms with Gasteiger partial charge >= 0.3 is 0 Å². The van der Waals surface area contributed by atoms with Gasteiger partial charge in [-0.3, -0.25) is 4.57 Å². The van der Waals surface area contributed by atoms with Crippen molar-refractivity contribution in [2.45, 2.75) is 24.3 Å². The second-order valence-electron chi connectivity index (χ2n) is 4.64. The number of rotatable bonds is 2. The van der Waals surface area contributed by atoms with Crippen molar-refractivity contribution in [2.24, 2.45) is 0 Å². The largest absolute Gasteiger partial charge is 0.384 e. The van der Waals surface area contributed by atoms with Gasteiger partial charge in [0.2, 0.25) is 11.7 Å². The molecule has 0 aromatic carbocycles. The van der Waals surface area contributed by atoms with Crippen molar-refractivity contribution >= 4 is 22.9 Å². The third kappa shape index (κ3) is 1.84. The number of aliphatic hydroxyl groups is 2. The number of aliphatic hydroxyl groups excluding tert-OH is 1. The molecule has 0 spiro atoms. The van der Waals surface area contributed by atoms with Crippen molar-refractivity contribution in [3.63, 3.8) is 0 Å². The Balaban J connectivity index is 2.12. The maximum Gasteiger partial charge on any atom is 0.224 e. The number of imidazole rings is 1. The Hall–Kier alpha value is -2.30. The van der Waals surface area contributed by atoms with E-state index in [9.17, 15) is 14.6 Å². The number of alkyl halides is 1. The predicted molar refractivity (Wildman–Crippen MR) is 70.3 cm³/mol. The Morgan fingerprint density at radius 2 is 2.19 bits per heavy atom. The van der Waals surface area contributed by atoms with Crippen molar-refractivity contribution < 1.29 is 19.3 Å². The molecule has 1 saturated heterocycles. The van der Waals surface area contributed by atoms with E-state index in [2.05, 4.69) is 21.5 Å². The van der Waals surface area contributed by atoms with Gasteiger partial charge in [-0.1, -0.05) is 6.58 Å². The molecule has 0 aliphatic carbocycles. The highest BCUT2D eigenvalue weighted by atomic mass is 19.1. The highest BCUT2D eigenvalue weighted by Gasteiger charge is 2.54. The standard InChI is InChI=1S/C11H13FN6O3/c1-2-11(20)6(19)4(12)9(21-11)18-3-15-5-7(13)16-10(14)17-8(5)18/h2-4,6,9,19-20H,1H2,(H4,13,14,16,17)/t4-,6+,9-,11+/m1/s1. The quantitative estimate of drug-likeness (QED) is 0.521. The minimum absolute atomic E-state index is 0.0317. The van der Waals surface area contributed by atoms with E-state index in [0.29, 0.717) is 0 Å². The zero-order chi connectivity index (χ0) is 15.4. The Morgan fingerprint density at radius 1 is 1.48 bits per heavy atom. The van der Waals surface area contributed by atoms with Crippen LogP contribution in [0.2, 0.25) is 0 Å². The van der Waals surface area contributed by atoms with E-state index in [1.165, 1.54) is 10.9 Å². The Bertz CT molecular complexity index is 721. The van der Waals surface area contributed by atoms with Crippen LogP contribution in [0.1, 0.15) is 6.23 Å². The number of ether oxygens (including phenoxy) is 1. The molecule has 0 saturated carbocycles. The normalized spacial score (nSPS) is 32.6. The molecule has 1 aliphatic rings. The van der Waals surface area contributed by atoms with E-state index in [1.807, 2.05) is 0 Å². The van der Waals surface area contributed by atoms with E-state index in [0.717, 1.165) is 6.08 Å². The Kier molecular flexibility index (Phi) is 2.83. The van der Waals surface area contributed by atoms with E-state index in [-0.39, 0.29) is 22.9 Å². The van der Waals surface area contributed by atoms with Gasteiger partial charge in [0.25, 0.3) is 0 Å². The minimum atomic E-state index is -2.20. The molecular formula is C11H13FN6O3. The summed E-state index contributed by atoms with van der Waals surface area (Å²) in [6.07, 6.45) is -2.95. The molecule has 10 heteroatoms. The lowest BCUT2D eigenvalue weighted by molar-refractivity contribution is -0.202. The van der Waals surface area contributed by atoms with Crippen LogP contribution in [0, 0.1) is 0 Å². The molecule has 0 bridgehead atoms. The lowest BCUT2D eigenvalue weighted by atomic mass is 10.1. The van der Waals surface area contributed by atoms with Crippen LogP contribution in [0.15, 0.2) is 19.0 Å². The van der Waals surface area contributed by atoms with Crippen molar-refractivity contribution in [1.82, 2.24) is 19.5 Å². The maximum absolute atomic E-state index is 14.2. The molecule has 2 aromatic rings. The second kappa shape index (κ2) is 4.35. The van der Waals surface area contributed by atoms with Crippen molar-refractivity contribution in [1.29, 1.82) is 0 Å². The molecule has 0 radical (unpaired) electrons. The summed E-state index contributed by atoms with van der Waals surface area (Å²) < 4.78 is 20.5. The van der Waals surface area contributed by atoms with Gasteiger partial charge in [0.1, 0.15) is 11.6 Å². The smallest absolute Gasteiger partial charge is 0.224 e. The molecule has 21 heavy (non-hydrogen) atoms. The predicted octanol–water partition coefficient (Wildman–Crippen LogP) is -0.907. The molecule has 9 nitrogen and oxygen atoms in total. The van der Waals surface area contributed by atoms with E-state index in [1.54, 1.807) is 0 Å². The van der Waals surface area contributed by atoms with Gasteiger partial charge in [0.05, 0.1) is 6.33 Å². The van der Waals surface area contributed by atoms with Crippen LogP contribution in [0.5, 0.6) is 0 Å². The van der Waals surface area contributed by atoms with Gasteiger partial charge in [-0.25, -0.2) is 9.37 Å². The van der Waals surface area contributed by atoms with E-state index >= 15 is 0 Å². The molecule has 1 aliphatic heterocycles.